The highest BCUT2D eigenvalue weighted by atomic mass is 32.1. The van der Waals surface area contributed by atoms with Crippen molar-refractivity contribution < 1.29 is 8.78 Å². The first-order chi connectivity index (χ1) is 11.2. The fourth-order valence-electron chi connectivity index (χ4n) is 2.29. The normalized spacial score (nSPS) is 11.2. The molecule has 0 aliphatic heterocycles. The molecule has 0 unspecified atom stereocenters. The first-order valence-electron chi connectivity index (χ1n) is 6.91. The quantitative estimate of drug-likeness (QED) is 0.576. The average Bonchev–Trinajstić information content (AvgIpc) is 3.12. The van der Waals surface area contributed by atoms with Crippen molar-refractivity contribution in [1.29, 1.82) is 0 Å². The van der Waals surface area contributed by atoms with Gasteiger partial charge in [-0.3, -0.25) is 0 Å². The molecule has 23 heavy (non-hydrogen) atoms. The zero-order chi connectivity index (χ0) is 15.8. The summed E-state index contributed by atoms with van der Waals surface area (Å²) in [7, 11) is 0. The van der Waals surface area contributed by atoms with Crippen LogP contribution in [0.5, 0.6) is 0 Å². The number of fused-ring (bicyclic) bond motifs is 1. The van der Waals surface area contributed by atoms with Crippen LogP contribution in [0, 0.1) is 11.6 Å². The molecule has 2 aromatic carbocycles. The van der Waals surface area contributed by atoms with Crippen molar-refractivity contribution in [3.05, 3.63) is 71.6 Å². The van der Waals surface area contributed by atoms with Crippen molar-refractivity contribution in [3.8, 4) is 10.6 Å². The highest BCUT2D eigenvalue weighted by molar-refractivity contribution is 7.19. The second-order valence-electron chi connectivity index (χ2n) is 4.99. The Labute approximate surface area is 134 Å². The van der Waals surface area contributed by atoms with E-state index in [0.29, 0.717) is 27.8 Å². The third kappa shape index (κ3) is 2.59. The van der Waals surface area contributed by atoms with Crippen molar-refractivity contribution in [2.75, 3.05) is 0 Å². The Morgan fingerprint density at radius 1 is 0.957 bits per heavy atom. The summed E-state index contributed by atoms with van der Waals surface area (Å²) in [6.07, 6.45) is 0.306. The number of nitrogens with zero attached hydrogens (tertiary/aromatic N) is 4. The second-order valence-corrected chi connectivity index (χ2v) is 5.95. The molecule has 2 heterocycles. The molecule has 7 heteroatoms. The van der Waals surface area contributed by atoms with Crippen molar-refractivity contribution in [1.82, 2.24) is 19.8 Å². The van der Waals surface area contributed by atoms with Crippen LogP contribution >= 0.6 is 11.3 Å². The SMILES string of the molecule is Fc1ccc(-c2nn3c(Cc4ccccc4F)nnc3s2)cc1. The average molecular weight is 328 g/mol. The van der Waals surface area contributed by atoms with E-state index in [1.807, 2.05) is 0 Å². The maximum atomic E-state index is 13.8. The van der Waals surface area contributed by atoms with Crippen LogP contribution in [0.2, 0.25) is 0 Å². The van der Waals surface area contributed by atoms with Crippen LogP contribution in [0.1, 0.15) is 11.4 Å². The lowest BCUT2D eigenvalue weighted by Crippen LogP contribution is -1.99. The van der Waals surface area contributed by atoms with E-state index in [2.05, 4.69) is 15.3 Å². The smallest absolute Gasteiger partial charge is 0.207 e. The predicted octanol–water partition coefficient (Wildman–Crippen LogP) is 3.72. The molecule has 0 fully saturated rings. The number of hydrogen-bond acceptors (Lipinski definition) is 4. The predicted molar refractivity (Wildman–Crippen MR) is 83.3 cm³/mol. The maximum absolute atomic E-state index is 13.8. The van der Waals surface area contributed by atoms with Gasteiger partial charge in [-0.05, 0) is 35.9 Å². The minimum atomic E-state index is -0.294. The molecule has 0 saturated carbocycles. The molecule has 114 valence electrons. The van der Waals surface area contributed by atoms with Crippen LogP contribution in [0.3, 0.4) is 0 Å². The van der Waals surface area contributed by atoms with Crippen molar-refractivity contribution in [3.63, 3.8) is 0 Å². The molecule has 4 aromatic rings. The first kappa shape index (κ1) is 14.0. The lowest BCUT2D eigenvalue weighted by Gasteiger charge is -2.00. The van der Waals surface area contributed by atoms with E-state index in [1.54, 1.807) is 34.8 Å². The number of benzene rings is 2. The van der Waals surface area contributed by atoms with Crippen molar-refractivity contribution in [2.24, 2.45) is 0 Å². The van der Waals surface area contributed by atoms with Crippen molar-refractivity contribution >= 4 is 16.3 Å². The Hall–Kier alpha value is -2.67. The summed E-state index contributed by atoms with van der Waals surface area (Å²) in [6, 6.07) is 12.7. The Bertz CT molecular complexity index is 975. The lowest BCUT2D eigenvalue weighted by atomic mass is 10.1. The summed E-state index contributed by atoms with van der Waals surface area (Å²) in [6.45, 7) is 0. The van der Waals surface area contributed by atoms with Gasteiger partial charge in [-0.15, -0.1) is 10.2 Å². The number of rotatable bonds is 3. The number of hydrogen-bond donors (Lipinski definition) is 0. The molecule has 0 N–H and O–H groups in total. The Morgan fingerprint density at radius 3 is 2.52 bits per heavy atom. The fraction of sp³-hybridized carbons (Fsp3) is 0.0625. The molecule has 4 rings (SSSR count). The topological polar surface area (TPSA) is 43.1 Å². The van der Waals surface area contributed by atoms with Gasteiger partial charge in [-0.2, -0.15) is 9.61 Å². The van der Waals surface area contributed by atoms with Gasteiger partial charge in [0.2, 0.25) is 4.96 Å². The zero-order valence-electron chi connectivity index (χ0n) is 11.8. The van der Waals surface area contributed by atoms with Gasteiger partial charge < -0.3 is 0 Å². The molecular formula is C16H10F2N4S. The van der Waals surface area contributed by atoms with E-state index >= 15 is 0 Å². The van der Waals surface area contributed by atoms with Crippen molar-refractivity contribution in [2.45, 2.75) is 6.42 Å². The van der Waals surface area contributed by atoms with E-state index in [9.17, 15) is 8.78 Å². The fourth-order valence-corrected chi connectivity index (χ4v) is 3.15. The molecule has 0 aliphatic carbocycles. The molecule has 0 amide bonds. The van der Waals surface area contributed by atoms with Gasteiger partial charge in [0.15, 0.2) is 5.82 Å². The van der Waals surface area contributed by atoms with Crippen LogP contribution in [-0.4, -0.2) is 19.8 Å². The van der Waals surface area contributed by atoms with E-state index in [1.165, 1.54) is 29.5 Å². The highest BCUT2D eigenvalue weighted by Crippen LogP contribution is 2.26. The third-order valence-electron chi connectivity index (χ3n) is 3.45. The summed E-state index contributed by atoms with van der Waals surface area (Å²) < 4.78 is 28.4. The summed E-state index contributed by atoms with van der Waals surface area (Å²) in [5.74, 6) is -0.00931. The molecule has 0 spiro atoms. The number of aromatic nitrogens is 4. The summed E-state index contributed by atoms with van der Waals surface area (Å²) in [5.41, 5.74) is 1.34. The molecule has 0 radical (unpaired) electrons. The minimum Gasteiger partial charge on any atom is -0.207 e. The standard InChI is InChI=1S/C16H10F2N4S/c17-12-7-5-10(6-8-12)15-21-22-14(19-20-16(22)23-15)9-11-3-1-2-4-13(11)18/h1-8H,9H2. The summed E-state index contributed by atoms with van der Waals surface area (Å²) in [5, 5.41) is 13.3. The Balaban J connectivity index is 1.72. The largest absolute Gasteiger partial charge is 0.234 e. The van der Waals surface area contributed by atoms with Gasteiger partial charge in [0.25, 0.3) is 0 Å². The van der Waals surface area contributed by atoms with Crippen LogP contribution in [0.4, 0.5) is 8.78 Å². The minimum absolute atomic E-state index is 0.279. The summed E-state index contributed by atoms with van der Waals surface area (Å²) in [4.78, 5) is 0.621. The van der Waals surface area contributed by atoms with Gasteiger partial charge >= 0.3 is 0 Å². The number of halogens is 2. The molecule has 0 bridgehead atoms. The van der Waals surface area contributed by atoms with Crippen LogP contribution < -0.4 is 0 Å². The van der Waals surface area contributed by atoms with Gasteiger partial charge in [0.1, 0.15) is 16.6 Å². The molecular weight excluding hydrogens is 318 g/mol. The maximum Gasteiger partial charge on any atom is 0.234 e. The Kier molecular flexibility index (Phi) is 3.34. The van der Waals surface area contributed by atoms with E-state index in [-0.39, 0.29) is 11.6 Å². The van der Waals surface area contributed by atoms with Crippen LogP contribution in [-0.2, 0) is 6.42 Å². The van der Waals surface area contributed by atoms with Gasteiger partial charge in [0, 0.05) is 12.0 Å². The molecule has 0 atom stereocenters. The van der Waals surface area contributed by atoms with Crippen LogP contribution in [0.15, 0.2) is 48.5 Å². The van der Waals surface area contributed by atoms with E-state index < -0.39 is 0 Å². The van der Waals surface area contributed by atoms with Crippen LogP contribution in [0.25, 0.3) is 15.5 Å². The van der Waals surface area contributed by atoms with Gasteiger partial charge in [-0.1, -0.05) is 29.5 Å². The van der Waals surface area contributed by atoms with Gasteiger partial charge in [-0.25, -0.2) is 8.78 Å². The highest BCUT2D eigenvalue weighted by Gasteiger charge is 2.14. The first-order valence-corrected chi connectivity index (χ1v) is 7.73. The third-order valence-corrected chi connectivity index (χ3v) is 4.40. The Morgan fingerprint density at radius 2 is 1.74 bits per heavy atom. The van der Waals surface area contributed by atoms with E-state index in [0.717, 1.165) is 5.56 Å². The molecule has 4 nitrogen and oxygen atoms in total. The second kappa shape index (κ2) is 5.51. The lowest BCUT2D eigenvalue weighted by molar-refractivity contribution is 0.611. The molecule has 0 saturated heterocycles. The zero-order valence-corrected chi connectivity index (χ0v) is 12.6. The molecule has 0 aliphatic rings. The summed E-state index contributed by atoms with van der Waals surface area (Å²) >= 11 is 1.35. The monoisotopic (exact) mass is 328 g/mol. The van der Waals surface area contributed by atoms with E-state index in [4.69, 9.17) is 0 Å². The van der Waals surface area contributed by atoms with Gasteiger partial charge in [0.05, 0.1) is 0 Å². The molecule has 2 aromatic heterocycles.